The number of thioether (sulfide) groups is 1. The van der Waals surface area contributed by atoms with E-state index in [1.807, 2.05) is 6.92 Å². The Morgan fingerprint density at radius 2 is 2.14 bits per heavy atom. The molecule has 0 radical (unpaired) electrons. The molecule has 0 unspecified atom stereocenters. The Kier molecular flexibility index (Phi) is 5.00. The highest BCUT2D eigenvalue weighted by atomic mass is 79.9. The van der Waals surface area contributed by atoms with Crippen LogP contribution in [0.4, 0.5) is 4.39 Å². The summed E-state index contributed by atoms with van der Waals surface area (Å²) < 4.78 is 13.9. The summed E-state index contributed by atoms with van der Waals surface area (Å²) in [5, 5.41) is 9.77. The highest BCUT2D eigenvalue weighted by molar-refractivity contribution is 9.10. The number of carboxylic acids is 1. The van der Waals surface area contributed by atoms with Gasteiger partial charge in [0.05, 0.1) is 10.0 Å². The zero-order chi connectivity index (χ0) is 15.6. The molecule has 0 fully saturated rings. The van der Waals surface area contributed by atoms with Gasteiger partial charge in [-0.15, -0.1) is 11.8 Å². The smallest absolute Gasteiger partial charge is 0.338 e. The van der Waals surface area contributed by atoms with Crippen molar-refractivity contribution in [3.8, 4) is 0 Å². The van der Waals surface area contributed by atoms with E-state index in [0.717, 1.165) is 11.3 Å². The van der Waals surface area contributed by atoms with Gasteiger partial charge in [0.2, 0.25) is 0 Å². The van der Waals surface area contributed by atoms with Crippen LogP contribution in [0.5, 0.6) is 0 Å². The maximum Gasteiger partial charge on any atom is 0.338 e. The van der Waals surface area contributed by atoms with E-state index < -0.39 is 5.97 Å². The molecule has 0 atom stereocenters. The zero-order valence-electron chi connectivity index (χ0n) is 11.5. The fraction of sp³-hybridized carbons (Fsp3) is 0.200. The molecule has 0 spiro atoms. The number of aromatic nitrogens is 1. The van der Waals surface area contributed by atoms with E-state index in [2.05, 4.69) is 20.9 Å². The topological polar surface area (TPSA) is 50.2 Å². The molecule has 2 aromatic rings. The first-order chi connectivity index (χ1) is 9.90. The van der Waals surface area contributed by atoms with Crippen molar-refractivity contribution in [2.45, 2.75) is 24.6 Å². The van der Waals surface area contributed by atoms with E-state index in [1.54, 1.807) is 25.1 Å². The number of carbonyl (C=O) groups is 1. The van der Waals surface area contributed by atoms with Crippen molar-refractivity contribution in [3.63, 3.8) is 0 Å². The minimum absolute atomic E-state index is 0.207. The second-order valence-electron chi connectivity index (χ2n) is 4.57. The lowest BCUT2D eigenvalue weighted by Gasteiger charge is -2.10. The average molecular weight is 370 g/mol. The van der Waals surface area contributed by atoms with Gasteiger partial charge in [0.1, 0.15) is 10.8 Å². The number of hydrogen-bond acceptors (Lipinski definition) is 3. The first-order valence-corrected chi connectivity index (χ1v) is 7.95. The van der Waals surface area contributed by atoms with Crippen LogP contribution in [0.15, 0.2) is 33.8 Å². The summed E-state index contributed by atoms with van der Waals surface area (Å²) in [5.41, 5.74) is 2.41. The third-order valence-electron chi connectivity index (χ3n) is 2.92. The summed E-state index contributed by atoms with van der Waals surface area (Å²) in [6, 6.07) is 6.54. The standard InChI is InChI=1S/C15H13BrFNO2S/c1-8-6-9(2)18-14(12(8)15(19)20)21-7-10-4-3-5-11(17)13(10)16/h3-6H,7H2,1-2H3,(H,19,20). The van der Waals surface area contributed by atoms with Gasteiger partial charge >= 0.3 is 5.97 Å². The van der Waals surface area contributed by atoms with E-state index in [1.165, 1.54) is 17.8 Å². The summed E-state index contributed by atoms with van der Waals surface area (Å²) in [6.45, 7) is 3.57. The third kappa shape index (κ3) is 3.63. The molecular formula is C15H13BrFNO2S. The normalized spacial score (nSPS) is 10.7. The monoisotopic (exact) mass is 369 g/mol. The molecule has 110 valence electrons. The lowest BCUT2D eigenvalue weighted by molar-refractivity contribution is 0.0691. The van der Waals surface area contributed by atoms with Gasteiger partial charge in [-0.1, -0.05) is 12.1 Å². The Bertz CT molecular complexity index is 706. The average Bonchev–Trinajstić information content (AvgIpc) is 2.39. The van der Waals surface area contributed by atoms with Crippen LogP contribution in [-0.2, 0) is 5.75 Å². The van der Waals surface area contributed by atoms with Crippen molar-refractivity contribution in [1.82, 2.24) is 4.98 Å². The first kappa shape index (κ1) is 16.0. The van der Waals surface area contributed by atoms with Crippen molar-refractivity contribution in [2.24, 2.45) is 0 Å². The van der Waals surface area contributed by atoms with Gasteiger partial charge in [-0.2, -0.15) is 0 Å². The van der Waals surface area contributed by atoms with Crippen molar-refractivity contribution in [2.75, 3.05) is 0 Å². The van der Waals surface area contributed by atoms with Crippen molar-refractivity contribution < 1.29 is 14.3 Å². The van der Waals surface area contributed by atoms with Crippen LogP contribution < -0.4 is 0 Å². The molecule has 0 aliphatic carbocycles. The number of benzene rings is 1. The summed E-state index contributed by atoms with van der Waals surface area (Å²) in [4.78, 5) is 15.7. The molecule has 0 amide bonds. The molecule has 0 saturated carbocycles. The summed E-state index contributed by atoms with van der Waals surface area (Å²) in [6.07, 6.45) is 0. The molecular weight excluding hydrogens is 357 g/mol. The van der Waals surface area contributed by atoms with E-state index in [4.69, 9.17) is 0 Å². The quantitative estimate of drug-likeness (QED) is 0.800. The molecule has 1 aromatic heterocycles. The van der Waals surface area contributed by atoms with E-state index in [9.17, 15) is 14.3 Å². The van der Waals surface area contributed by atoms with Gasteiger partial charge in [0, 0.05) is 11.4 Å². The third-order valence-corrected chi connectivity index (χ3v) is 4.83. The number of pyridine rings is 1. The Labute approximate surface area is 134 Å². The fourth-order valence-electron chi connectivity index (χ4n) is 1.97. The Hall–Kier alpha value is -1.40. The second-order valence-corrected chi connectivity index (χ2v) is 6.32. The molecule has 6 heteroatoms. The molecule has 1 N–H and O–H groups in total. The van der Waals surface area contributed by atoms with Gasteiger partial charge in [-0.25, -0.2) is 14.2 Å². The lowest BCUT2D eigenvalue weighted by Crippen LogP contribution is -2.05. The molecule has 0 saturated heterocycles. The predicted octanol–water partition coefficient (Wildman–Crippen LogP) is 4.59. The van der Waals surface area contributed by atoms with Crippen molar-refractivity contribution in [3.05, 3.63) is 56.9 Å². The van der Waals surface area contributed by atoms with Crippen LogP contribution in [0.1, 0.15) is 27.2 Å². The minimum atomic E-state index is -0.999. The molecule has 2 rings (SSSR count). The number of aromatic carboxylic acids is 1. The SMILES string of the molecule is Cc1cc(C)c(C(=O)O)c(SCc2cccc(F)c2Br)n1. The summed E-state index contributed by atoms with van der Waals surface area (Å²) in [7, 11) is 0. The second kappa shape index (κ2) is 6.58. The Morgan fingerprint density at radius 1 is 1.43 bits per heavy atom. The molecule has 21 heavy (non-hydrogen) atoms. The fourth-order valence-corrected chi connectivity index (χ4v) is 3.70. The Balaban J connectivity index is 2.32. The summed E-state index contributed by atoms with van der Waals surface area (Å²) >= 11 is 4.50. The summed E-state index contributed by atoms with van der Waals surface area (Å²) in [5.74, 6) is -0.894. The predicted molar refractivity (Wildman–Crippen MR) is 84.3 cm³/mol. The van der Waals surface area contributed by atoms with Gasteiger partial charge < -0.3 is 5.11 Å². The van der Waals surface area contributed by atoms with Crippen LogP contribution in [0, 0.1) is 19.7 Å². The van der Waals surface area contributed by atoms with E-state index in [-0.39, 0.29) is 11.4 Å². The van der Waals surface area contributed by atoms with Crippen LogP contribution in [0.3, 0.4) is 0 Å². The van der Waals surface area contributed by atoms with Crippen LogP contribution in [0.2, 0.25) is 0 Å². The number of hydrogen-bond donors (Lipinski definition) is 1. The van der Waals surface area contributed by atoms with E-state index in [0.29, 0.717) is 20.8 Å². The number of halogens is 2. The lowest BCUT2D eigenvalue weighted by atomic mass is 10.1. The molecule has 1 heterocycles. The molecule has 0 bridgehead atoms. The molecule has 0 aliphatic heterocycles. The largest absolute Gasteiger partial charge is 0.478 e. The van der Waals surface area contributed by atoms with Crippen molar-refractivity contribution in [1.29, 1.82) is 0 Å². The maximum absolute atomic E-state index is 13.5. The Morgan fingerprint density at radius 3 is 2.81 bits per heavy atom. The number of carboxylic acid groups (broad SMARTS) is 1. The van der Waals surface area contributed by atoms with Gasteiger partial charge in [0.25, 0.3) is 0 Å². The van der Waals surface area contributed by atoms with Gasteiger partial charge in [-0.3, -0.25) is 0 Å². The van der Waals surface area contributed by atoms with Crippen molar-refractivity contribution >= 4 is 33.7 Å². The zero-order valence-corrected chi connectivity index (χ0v) is 13.9. The molecule has 0 aliphatic rings. The molecule has 3 nitrogen and oxygen atoms in total. The minimum Gasteiger partial charge on any atom is -0.478 e. The highest BCUT2D eigenvalue weighted by Gasteiger charge is 2.17. The maximum atomic E-state index is 13.5. The van der Waals surface area contributed by atoms with Gasteiger partial charge in [0.15, 0.2) is 0 Å². The number of nitrogens with zero attached hydrogens (tertiary/aromatic N) is 1. The number of aryl methyl sites for hydroxylation is 2. The van der Waals surface area contributed by atoms with Crippen LogP contribution in [0.25, 0.3) is 0 Å². The van der Waals surface area contributed by atoms with E-state index >= 15 is 0 Å². The van der Waals surface area contributed by atoms with Gasteiger partial charge in [-0.05, 0) is 53.0 Å². The number of rotatable bonds is 4. The first-order valence-electron chi connectivity index (χ1n) is 6.17. The molecule has 1 aromatic carbocycles. The highest BCUT2D eigenvalue weighted by Crippen LogP contribution is 2.30. The van der Waals surface area contributed by atoms with Crippen LogP contribution in [-0.4, -0.2) is 16.1 Å². The van der Waals surface area contributed by atoms with Crippen LogP contribution >= 0.6 is 27.7 Å².